The second-order valence-electron chi connectivity index (χ2n) is 8.05. The summed E-state index contributed by atoms with van der Waals surface area (Å²) in [4.78, 5) is 44.1. The highest BCUT2D eigenvalue weighted by Crippen LogP contribution is 2.27. The van der Waals surface area contributed by atoms with Crippen LogP contribution in [0.4, 0.5) is 0 Å². The van der Waals surface area contributed by atoms with Gasteiger partial charge in [-0.25, -0.2) is 9.78 Å². The number of rotatable bonds is 6. The largest absolute Gasteiger partial charge is 0.497 e. The lowest BCUT2D eigenvalue weighted by Crippen LogP contribution is -2.38. The van der Waals surface area contributed by atoms with Gasteiger partial charge < -0.3 is 10.1 Å². The summed E-state index contributed by atoms with van der Waals surface area (Å²) in [6.45, 7) is 2.36. The Hall–Kier alpha value is -3.46. The van der Waals surface area contributed by atoms with Crippen LogP contribution in [0.25, 0.3) is 11.0 Å². The number of nitrogens with one attached hydrogen (secondary N) is 1. The van der Waals surface area contributed by atoms with Crippen LogP contribution in [0.3, 0.4) is 0 Å². The molecule has 1 atom stereocenters. The quantitative estimate of drug-likeness (QED) is 0.623. The number of pyridine rings is 1. The molecule has 0 aliphatic carbocycles. The van der Waals surface area contributed by atoms with Gasteiger partial charge in [0.05, 0.1) is 24.1 Å². The SMILES string of the molecule is COc1cccc(C(CNC(=O)c2cnc3c(c2)c(=O)n(C)c(=O)n3C)N2CCCC2)c1. The summed E-state index contributed by atoms with van der Waals surface area (Å²) in [6.07, 6.45) is 3.66. The Balaban J connectivity index is 1.60. The summed E-state index contributed by atoms with van der Waals surface area (Å²) in [5.41, 5.74) is 0.669. The smallest absolute Gasteiger partial charge is 0.332 e. The Bertz CT molecular complexity index is 1270. The van der Waals surface area contributed by atoms with Crippen LogP contribution in [0.15, 0.2) is 46.1 Å². The summed E-state index contributed by atoms with van der Waals surface area (Å²) in [6, 6.07) is 9.40. The fourth-order valence-corrected chi connectivity index (χ4v) is 4.24. The second-order valence-corrected chi connectivity index (χ2v) is 8.05. The molecule has 1 fully saturated rings. The minimum Gasteiger partial charge on any atom is -0.497 e. The van der Waals surface area contributed by atoms with Crippen molar-refractivity contribution in [2.75, 3.05) is 26.7 Å². The van der Waals surface area contributed by atoms with Crippen molar-refractivity contribution in [1.29, 1.82) is 0 Å². The van der Waals surface area contributed by atoms with Crippen molar-refractivity contribution in [3.63, 3.8) is 0 Å². The van der Waals surface area contributed by atoms with Gasteiger partial charge in [-0.2, -0.15) is 0 Å². The molecule has 1 saturated heterocycles. The number of methoxy groups -OCH3 is 1. The Morgan fingerprint density at radius 1 is 1.16 bits per heavy atom. The minimum absolute atomic E-state index is 0.0126. The van der Waals surface area contributed by atoms with Crippen LogP contribution in [0.2, 0.25) is 0 Å². The standard InChI is InChI=1S/C23H27N5O4/c1-26-20-18(22(30)27(2)23(26)31)12-16(13-24-20)21(29)25-14-19(28-9-4-5-10-28)15-7-6-8-17(11-15)32-3/h6-8,11-13,19H,4-5,9-10,14H2,1-3H3,(H,25,29). The lowest BCUT2D eigenvalue weighted by molar-refractivity contribution is 0.0937. The van der Waals surface area contributed by atoms with Crippen LogP contribution in [0.1, 0.15) is 34.8 Å². The first-order valence-electron chi connectivity index (χ1n) is 10.6. The molecule has 0 saturated carbocycles. The zero-order valence-corrected chi connectivity index (χ0v) is 18.5. The highest BCUT2D eigenvalue weighted by molar-refractivity contribution is 5.96. The molecule has 0 bridgehead atoms. The maximum Gasteiger partial charge on any atom is 0.332 e. The van der Waals surface area contributed by atoms with Crippen molar-refractivity contribution in [1.82, 2.24) is 24.3 Å². The molecule has 9 nitrogen and oxygen atoms in total. The molecule has 32 heavy (non-hydrogen) atoms. The van der Waals surface area contributed by atoms with E-state index in [4.69, 9.17) is 4.74 Å². The van der Waals surface area contributed by atoms with E-state index in [1.807, 2.05) is 24.3 Å². The molecular formula is C23H27N5O4. The highest BCUT2D eigenvalue weighted by atomic mass is 16.5. The van der Waals surface area contributed by atoms with Crippen LogP contribution in [-0.4, -0.2) is 51.7 Å². The summed E-state index contributed by atoms with van der Waals surface area (Å²) in [5, 5.41) is 3.23. The Labute approximate surface area is 185 Å². The Morgan fingerprint density at radius 3 is 2.62 bits per heavy atom. The number of nitrogens with zero attached hydrogens (tertiary/aromatic N) is 4. The third kappa shape index (κ3) is 4.03. The topological polar surface area (TPSA) is 98.5 Å². The number of likely N-dealkylation sites (tertiary alicyclic amines) is 1. The molecule has 0 spiro atoms. The van der Waals surface area contributed by atoms with Gasteiger partial charge in [0, 0.05) is 26.8 Å². The van der Waals surface area contributed by atoms with Crippen molar-refractivity contribution < 1.29 is 9.53 Å². The zero-order valence-electron chi connectivity index (χ0n) is 18.5. The normalized spacial score (nSPS) is 15.1. The van der Waals surface area contributed by atoms with E-state index in [1.54, 1.807) is 14.2 Å². The van der Waals surface area contributed by atoms with Gasteiger partial charge in [-0.05, 0) is 49.7 Å². The first kappa shape index (κ1) is 21.8. The highest BCUT2D eigenvalue weighted by Gasteiger charge is 2.25. The molecule has 1 unspecified atom stereocenters. The molecule has 1 aromatic carbocycles. The molecule has 3 aromatic rings. The molecule has 9 heteroatoms. The summed E-state index contributed by atoms with van der Waals surface area (Å²) >= 11 is 0. The van der Waals surface area contributed by atoms with E-state index >= 15 is 0 Å². The summed E-state index contributed by atoms with van der Waals surface area (Å²) in [7, 11) is 4.59. The van der Waals surface area contributed by atoms with E-state index in [-0.39, 0.29) is 28.5 Å². The lowest BCUT2D eigenvalue weighted by atomic mass is 10.0. The first-order chi connectivity index (χ1) is 15.4. The van der Waals surface area contributed by atoms with Crippen LogP contribution in [-0.2, 0) is 14.1 Å². The number of benzene rings is 1. The van der Waals surface area contributed by atoms with Gasteiger partial charge in [0.15, 0.2) is 0 Å². The lowest BCUT2D eigenvalue weighted by Gasteiger charge is -2.28. The summed E-state index contributed by atoms with van der Waals surface area (Å²) < 4.78 is 7.68. The molecule has 1 aliphatic heterocycles. The van der Waals surface area contributed by atoms with Gasteiger partial charge in [-0.1, -0.05) is 12.1 Å². The second kappa shape index (κ2) is 8.96. The van der Waals surface area contributed by atoms with E-state index < -0.39 is 11.2 Å². The number of hydrogen-bond acceptors (Lipinski definition) is 6. The van der Waals surface area contributed by atoms with Crippen molar-refractivity contribution >= 4 is 16.9 Å². The number of hydrogen-bond donors (Lipinski definition) is 1. The third-order valence-corrected chi connectivity index (χ3v) is 6.07. The number of carbonyl (C=O) groups is 1. The van der Waals surface area contributed by atoms with Crippen LogP contribution in [0, 0.1) is 0 Å². The maximum absolute atomic E-state index is 12.9. The van der Waals surface area contributed by atoms with E-state index in [1.165, 1.54) is 23.9 Å². The molecule has 1 aliphatic rings. The fourth-order valence-electron chi connectivity index (χ4n) is 4.24. The maximum atomic E-state index is 12.9. The van der Waals surface area contributed by atoms with Gasteiger partial charge in [-0.3, -0.25) is 23.6 Å². The number of ether oxygens (including phenoxy) is 1. The monoisotopic (exact) mass is 437 g/mol. The summed E-state index contributed by atoms with van der Waals surface area (Å²) in [5.74, 6) is 0.459. The van der Waals surface area contributed by atoms with E-state index in [2.05, 4.69) is 15.2 Å². The van der Waals surface area contributed by atoms with E-state index in [9.17, 15) is 14.4 Å². The van der Waals surface area contributed by atoms with Crippen LogP contribution < -0.4 is 21.3 Å². The Morgan fingerprint density at radius 2 is 1.91 bits per heavy atom. The average molecular weight is 438 g/mol. The predicted molar refractivity (Wildman–Crippen MR) is 121 cm³/mol. The van der Waals surface area contributed by atoms with Gasteiger partial charge in [0.25, 0.3) is 11.5 Å². The van der Waals surface area contributed by atoms with Crippen molar-refractivity contribution in [3.8, 4) is 5.75 Å². The molecule has 4 rings (SSSR count). The number of amides is 1. The number of fused-ring (bicyclic) bond motifs is 1. The van der Waals surface area contributed by atoms with Crippen molar-refractivity contribution in [3.05, 3.63) is 68.5 Å². The molecule has 0 radical (unpaired) electrons. The Kier molecular flexibility index (Phi) is 6.09. The molecule has 3 heterocycles. The number of aryl methyl sites for hydroxylation is 1. The van der Waals surface area contributed by atoms with Crippen molar-refractivity contribution in [2.45, 2.75) is 18.9 Å². The van der Waals surface area contributed by atoms with Gasteiger partial charge in [0.2, 0.25) is 0 Å². The number of aromatic nitrogens is 3. The van der Waals surface area contributed by atoms with E-state index in [0.29, 0.717) is 6.54 Å². The van der Waals surface area contributed by atoms with E-state index in [0.717, 1.165) is 41.8 Å². The minimum atomic E-state index is -0.475. The molecule has 1 amide bonds. The molecule has 168 valence electrons. The molecular weight excluding hydrogens is 410 g/mol. The first-order valence-corrected chi connectivity index (χ1v) is 10.6. The fraction of sp³-hybridized carbons (Fsp3) is 0.391. The van der Waals surface area contributed by atoms with Gasteiger partial charge in [-0.15, -0.1) is 0 Å². The average Bonchev–Trinajstić information content (AvgIpc) is 3.35. The number of carbonyl (C=O) groups excluding carboxylic acids is 1. The van der Waals surface area contributed by atoms with Crippen LogP contribution >= 0.6 is 0 Å². The van der Waals surface area contributed by atoms with Crippen LogP contribution in [0.5, 0.6) is 5.75 Å². The zero-order chi connectivity index (χ0) is 22.8. The molecule has 2 aromatic heterocycles. The third-order valence-electron chi connectivity index (χ3n) is 6.07. The molecule has 1 N–H and O–H groups in total. The van der Waals surface area contributed by atoms with Gasteiger partial charge in [0.1, 0.15) is 11.4 Å². The predicted octanol–water partition coefficient (Wildman–Crippen LogP) is 1.21. The van der Waals surface area contributed by atoms with Gasteiger partial charge >= 0.3 is 5.69 Å². The van der Waals surface area contributed by atoms with Crippen molar-refractivity contribution in [2.24, 2.45) is 14.1 Å².